The smallest absolute Gasteiger partial charge is 0.0708 e. The number of allylic oxidation sites excluding steroid dienone is 2. The van der Waals surface area contributed by atoms with Crippen molar-refractivity contribution in [2.75, 3.05) is 0 Å². The molecule has 0 amide bonds. The molecule has 8 rings (SSSR count). The summed E-state index contributed by atoms with van der Waals surface area (Å²) < 4.78 is 0. The number of rotatable bonds is 2. The monoisotopic (exact) mass is 457 g/mol. The van der Waals surface area contributed by atoms with Crippen molar-refractivity contribution in [3.05, 3.63) is 149 Å². The first-order valence-corrected chi connectivity index (χ1v) is 12.6. The molecule has 168 valence electrons. The van der Waals surface area contributed by atoms with Gasteiger partial charge in [0.2, 0.25) is 0 Å². The third-order valence-corrected chi connectivity index (χ3v) is 7.97. The lowest BCUT2D eigenvalue weighted by atomic mass is 9.79. The highest BCUT2D eigenvalue weighted by atomic mass is 14.7. The molecule has 1 nitrogen and oxygen atoms in total. The van der Waals surface area contributed by atoms with Gasteiger partial charge in [-0.3, -0.25) is 4.98 Å². The van der Waals surface area contributed by atoms with Crippen LogP contribution in [0, 0.1) is 0 Å². The Balaban J connectivity index is 1.37. The molecule has 0 saturated heterocycles. The maximum absolute atomic E-state index is 5.23. The highest BCUT2D eigenvalue weighted by molar-refractivity contribution is 5.98. The minimum atomic E-state index is 0.127. The number of benzene rings is 5. The molecule has 1 heterocycles. The van der Waals surface area contributed by atoms with Crippen LogP contribution in [0.1, 0.15) is 45.3 Å². The summed E-state index contributed by atoms with van der Waals surface area (Å²) in [4.78, 5) is 5.23. The van der Waals surface area contributed by atoms with E-state index in [1.807, 2.05) is 0 Å². The number of hydrogen-bond acceptors (Lipinski definition) is 1. The zero-order valence-electron chi connectivity index (χ0n) is 19.7. The first-order chi connectivity index (χ1) is 17.8. The summed E-state index contributed by atoms with van der Waals surface area (Å²) >= 11 is 0. The lowest BCUT2D eigenvalue weighted by molar-refractivity contribution is 0.955. The average molecular weight is 458 g/mol. The molecule has 1 aromatic heterocycles. The van der Waals surface area contributed by atoms with E-state index in [1.165, 1.54) is 54.7 Å². The third kappa shape index (κ3) is 2.80. The second-order valence-corrected chi connectivity index (χ2v) is 9.91. The van der Waals surface area contributed by atoms with Crippen LogP contribution < -0.4 is 0 Å². The molecule has 2 aliphatic carbocycles. The second-order valence-electron chi connectivity index (χ2n) is 9.91. The standard InChI is InChI=1S/C35H23N/c1-2-16-32-27(13-1)31(26-19-17-24-9-3-7-22-11-5-14-29(26)34(22)24)21-33(36-32)28-20-18-25-10-4-8-23-12-6-15-30(28)35(23)25/h1-21,26,28H. The lowest BCUT2D eigenvalue weighted by Crippen LogP contribution is -2.09. The molecule has 0 radical (unpaired) electrons. The molecule has 2 atom stereocenters. The first kappa shape index (κ1) is 19.8. The van der Waals surface area contributed by atoms with Crippen LogP contribution in [-0.4, -0.2) is 4.98 Å². The molecule has 6 aromatic rings. The van der Waals surface area contributed by atoms with Gasteiger partial charge in [0.05, 0.1) is 11.2 Å². The third-order valence-electron chi connectivity index (χ3n) is 7.97. The summed E-state index contributed by atoms with van der Waals surface area (Å²) in [5.41, 5.74) is 8.80. The van der Waals surface area contributed by atoms with Gasteiger partial charge in [-0.1, -0.05) is 115 Å². The van der Waals surface area contributed by atoms with E-state index in [0.717, 1.165) is 11.2 Å². The van der Waals surface area contributed by atoms with Crippen molar-refractivity contribution in [1.29, 1.82) is 0 Å². The van der Waals surface area contributed by atoms with E-state index in [1.54, 1.807) is 0 Å². The Morgan fingerprint density at radius 1 is 0.500 bits per heavy atom. The lowest BCUT2D eigenvalue weighted by Gasteiger charge is -2.26. The van der Waals surface area contributed by atoms with Crippen molar-refractivity contribution in [2.45, 2.75) is 11.8 Å². The molecule has 0 aliphatic heterocycles. The van der Waals surface area contributed by atoms with Gasteiger partial charge < -0.3 is 0 Å². The quantitative estimate of drug-likeness (QED) is 0.253. The van der Waals surface area contributed by atoms with Gasteiger partial charge in [-0.25, -0.2) is 0 Å². The Labute approximate surface area is 210 Å². The summed E-state index contributed by atoms with van der Waals surface area (Å²) in [6, 6.07) is 37.5. The first-order valence-electron chi connectivity index (χ1n) is 12.6. The maximum atomic E-state index is 5.23. The maximum Gasteiger partial charge on any atom is 0.0708 e. The molecule has 2 unspecified atom stereocenters. The number of hydrogen-bond donors (Lipinski definition) is 0. The van der Waals surface area contributed by atoms with Crippen molar-refractivity contribution >= 4 is 44.6 Å². The van der Waals surface area contributed by atoms with Crippen LogP contribution in [0.3, 0.4) is 0 Å². The summed E-state index contributed by atoms with van der Waals surface area (Å²) in [6.07, 6.45) is 9.26. The molecular formula is C35H23N. The Kier molecular flexibility index (Phi) is 4.12. The van der Waals surface area contributed by atoms with Crippen LogP contribution in [0.4, 0.5) is 0 Å². The predicted molar refractivity (Wildman–Crippen MR) is 151 cm³/mol. The summed E-state index contributed by atoms with van der Waals surface area (Å²) in [7, 11) is 0. The summed E-state index contributed by atoms with van der Waals surface area (Å²) in [5, 5.41) is 6.53. The van der Waals surface area contributed by atoms with Gasteiger partial charge in [0.1, 0.15) is 0 Å². The van der Waals surface area contributed by atoms with Crippen molar-refractivity contribution in [2.24, 2.45) is 0 Å². The second kappa shape index (κ2) is 7.50. The van der Waals surface area contributed by atoms with E-state index in [-0.39, 0.29) is 11.8 Å². The Hall–Kier alpha value is -4.49. The zero-order chi connectivity index (χ0) is 23.6. The van der Waals surface area contributed by atoms with E-state index < -0.39 is 0 Å². The molecule has 0 spiro atoms. The normalized spacial score (nSPS) is 17.8. The molecule has 36 heavy (non-hydrogen) atoms. The van der Waals surface area contributed by atoms with Crippen LogP contribution in [0.15, 0.2) is 115 Å². The Bertz CT molecular complexity index is 1900. The van der Waals surface area contributed by atoms with Gasteiger partial charge in [0, 0.05) is 17.2 Å². The minimum absolute atomic E-state index is 0.127. The van der Waals surface area contributed by atoms with Gasteiger partial charge in [-0.2, -0.15) is 0 Å². The van der Waals surface area contributed by atoms with Gasteiger partial charge in [0.25, 0.3) is 0 Å². The van der Waals surface area contributed by atoms with E-state index >= 15 is 0 Å². The number of fused-ring (bicyclic) bond motifs is 1. The largest absolute Gasteiger partial charge is 0.252 e. The molecule has 5 aromatic carbocycles. The van der Waals surface area contributed by atoms with Gasteiger partial charge in [-0.15, -0.1) is 0 Å². The fourth-order valence-corrected chi connectivity index (χ4v) is 6.37. The number of pyridine rings is 1. The van der Waals surface area contributed by atoms with Crippen LogP contribution >= 0.6 is 0 Å². The van der Waals surface area contributed by atoms with E-state index in [2.05, 4.69) is 127 Å². The number of para-hydroxylation sites is 1. The summed E-state index contributed by atoms with van der Waals surface area (Å²) in [6.45, 7) is 0. The van der Waals surface area contributed by atoms with Crippen LogP contribution in [0.2, 0.25) is 0 Å². The van der Waals surface area contributed by atoms with Crippen LogP contribution in [0.5, 0.6) is 0 Å². The molecule has 0 N–H and O–H groups in total. The van der Waals surface area contributed by atoms with Gasteiger partial charge in [0.15, 0.2) is 0 Å². The fourth-order valence-electron chi connectivity index (χ4n) is 6.37. The van der Waals surface area contributed by atoms with Crippen molar-refractivity contribution < 1.29 is 0 Å². The number of aromatic nitrogens is 1. The number of nitrogens with zero attached hydrogens (tertiary/aromatic N) is 1. The topological polar surface area (TPSA) is 12.9 Å². The van der Waals surface area contributed by atoms with Crippen LogP contribution in [-0.2, 0) is 0 Å². The van der Waals surface area contributed by atoms with Crippen molar-refractivity contribution in [3.8, 4) is 0 Å². The van der Waals surface area contributed by atoms with E-state index in [9.17, 15) is 0 Å². The minimum Gasteiger partial charge on any atom is -0.252 e. The van der Waals surface area contributed by atoms with E-state index in [4.69, 9.17) is 4.98 Å². The molecule has 2 aliphatic rings. The van der Waals surface area contributed by atoms with Gasteiger partial charge in [-0.05, 0) is 61.5 Å². The Morgan fingerprint density at radius 3 is 1.78 bits per heavy atom. The Morgan fingerprint density at radius 2 is 1.08 bits per heavy atom. The SMILES string of the molecule is C1=CC(c2cc(C3C=Cc4cccc5cccc3c45)c3ccccc3n2)c2cccc3cccc1c23. The zero-order valence-corrected chi connectivity index (χ0v) is 19.7. The highest BCUT2D eigenvalue weighted by Gasteiger charge is 2.25. The molecule has 0 fully saturated rings. The molecule has 1 heteroatoms. The van der Waals surface area contributed by atoms with Crippen molar-refractivity contribution in [1.82, 2.24) is 4.98 Å². The fraction of sp³-hybridized carbons (Fsp3) is 0.0571. The average Bonchev–Trinajstić information content (AvgIpc) is 2.94. The van der Waals surface area contributed by atoms with Crippen LogP contribution in [0.25, 0.3) is 44.6 Å². The molecular weight excluding hydrogens is 434 g/mol. The molecule has 0 saturated carbocycles. The highest BCUT2D eigenvalue weighted by Crippen LogP contribution is 2.43. The predicted octanol–water partition coefficient (Wildman–Crippen LogP) is 8.86. The molecule has 0 bridgehead atoms. The van der Waals surface area contributed by atoms with Crippen molar-refractivity contribution in [3.63, 3.8) is 0 Å². The summed E-state index contributed by atoms with van der Waals surface area (Å²) in [5.74, 6) is 0.313. The van der Waals surface area contributed by atoms with E-state index in [0.29, 0.717) is 0 Å². The van der Waals surface area contributed by atoms with Gasteiger partial charge >= 0.3 is 0 Å².